The molecule has 0 aliphatic rings. The molecule has 0 bridgehead atoms. The van der Waals surface area contributed by atoms with Gasteiger partial charge in [-0.15, -0.1) is 5.10 Å². The van der Waals surface area contributed by atoms with Crippen molar-refractivity contribution in [3.8, 4) is 5.75 Å². The van der Waals surface area contributed by atoms with Gasteiger partial charge in [-0.3, -0.25) is 4.79 Å². The number of benzene rings is 2. The molecule has 3 aromatic rings. The van der Waals surface area contributed by atoms with Gasteiger partial charge >= 0.3 is 5.97 Å². The molecule has 1 aromatic heterocycles. The molecule has 0 fully saturated rings. The van der Waals surface area contributed by atoms with E-state index in [1.54, 1.807) is 37.3 Å². The molecule has 0 atom stereocenters. The van der Waals surface area contributed by atoms with Crippen LogP contribution in [-0.4, -0.2) is 27.7 Å². The highest BCUT2D eigenvalue weighted by Gasteiger charge is 2.11. The van der Waals surface area contributed by atoms with Crippen LogP contribution in [0.4, 0.5) is 0 Å². The number of hydrazone groups is 1. The number of rotatable bonds is 6. The predicted molar refractivity (Wildman–Crippen MR) is 107 cm³/mol. The van der Waals surface area contributed by atoms with Gasteiger partial charge in [-0.1, -0.05) is 34.8 Å². The predicted octanol–water partition coefficient (Wildman–Crippen LogP) is 3.23. The molecule has 8 heteroatoms. The van der Waals surface area contributed by atoms with Crippen molar-refractivity contribution in [1.29, 1.82) is 0 Å². The number of nitrogens with zero attached hydrogens (tertiary/aromatic N) is 3. The van der Waals surface area contributed by atoms with E-state index in [-0.39, 0.29) is 5.91 Å². The summed E-state index contributed by atoms with van der Waals surface area (Å²) in [6, 6.07) is 16.2. The number of aromatic nitrogens is 2. The minimum Gasteiger partial charge on any atom is -0.423 e. The molecule has 0 unspecified atom stereocenters. The molecule has 1 heterocycles. The maximum Gasteiger partial charge on any atom is 0.336 e. The standard InChI is InChI=1S/C20H16N4O3S/c1-14-19(28-24-22-14)20(26)23-21-13-16-7-10-17(11-8-16)27-18(25)12-9-15-5-3-2-4-6-15/h2-13H,1H3,(H,23,26)/b12-9+,21-13+. The van der Waals surface area contributed by atoms with Crippen molar-refractivity contribution in [3.63, 3.8) is 0 Å². The maximum atomic E-state index is 11.9. The molecule has 0 aliphatic heterocycles. The zero-order valence-corrected chi connectivity index (χ0v) is 15.7. The SMILES string of the molecule is Cc1nnsc1C(=O)N/N=C/c1ccc(OC(=O)/C=C/c2ccccc2)cc1. The molecule has 1 amide bonds. The first-order valence-corrected chi connectivity index (χ1v) is 9.06. The minimum atomic E-state index is -0.467. The van der Waals surface area contributed by atoms with E-state index < -0.39 is 5.97 Å². The molecular weight excluding hydrogens is 376 g/mol. The van der Waals surface area contributed by atoms with Crippen LogP contribution >= 0.6 is 11.5 Å². The van der Waals surface area contributed by atoms with Gasteiger partial charge in [0.1, 0.15) is 10.6 Å². The van der Waals surface area contributed by atoms with Gasteiger partial charge in [-0.25, -0.2) is 10.2 Å². The molecule has 0 saturated heterocycles. The Kier molecular flexibility index (Phi) is 6.37. The van der Waals surface area contributed by atoms with E-state index in [1.165, 1.54) is 12.3 Å². The highest BCUT2D eigenvalue weighted by molar-refractivity contribution is 7.07. The van der Waals surface area contributed by atoms with E-state index in [2.05, 4.69) is 20.1 Å². The van der Waals surface area contributed by atoms with Crippen LogP contribution in [0, 0.1) is 6.92 Å². The van der Waals surface area contributed by atoms with Gasteiger partial charge in [0.15, 0.2) is 0 Å². The van der Waals surface area contributed by atoms with Crippen molar-refractivity contribution in [2.75, 3.05) is 0 Å². The third kappa shape index (κ3) is 5.42. The number of amides is 1. The van der Waals surface area contributed by atoms with Crippen LogP contribution in [0.5, 0.6) is 5.75 Å². The van der Waals surface area contributed by atoms with Crippen LogP contribution in [0.15, 0.2) is 65.8 Å². The summed E-state index contributed by atoms with van der Waals surface area (Å²) >= 11 is 1.01. The Hall–Kier alpha value is -3.65. The van der Waals surface area contributed by atoms with Gasteiger partial charge in [0.2, 0.25) is 0 Å². The minimum absolute atomic E-state index is 0.362. The molecule has 0 saturated carbocycles. The second-order valence-electron chi connectivity index (χ2n) is 5.62. The van der Waals surface area contributed by atoms with Crippen LogP contribution in [0.2, 0.25) is 0 Å². The fourth-order valence-corrected chi connectivity index (χ4v) is 2.70. The van der Waals surface area contributed by atoms with Crippen LogP contribution in [0.3, 0.4) is 0 Å². The van der Waals surface area contributed by atoms with Gasteiger partial charge in [0.25, 0.3) is 5.91 Å². The Balaban J connectivity index is 1.52. The molecule has 28 heavy (non-hydrogen) atoms. The number of hydrogen-bond donors (Lipinski definition) is 1. The van der Waals surface area contributed by atoms with Gasteiger partial charge in [-0.05, 0) is 59.9 Å². The van der Waals surface area contributed by atoms with Crippen LogP contribution in [0.1, 0.15) is 26.5 Å². The smallest absolute Gasteiger partial charge is 0.336 e. The molecular formula is C20H16N4O3S. The third-order valence-corrected chi connectivity index (χ3v) is 4.37. The highest BCUT2D eigenvalue weighted by Crippen LogP contribution is 2.12. The third-order valence-electron chi connectivity index (χ3n) is 3.55. The van der Waals surface area contributed by atoms with E-state index in [0.29, 0.717) is 16.3 Å². The lowest BCUT2D eigenvalue weighted by Crippen LogP contribution is -2.17. The van der Waals surface area contributed by atoms with Gasteiger partial charge in [0, 0.05) is 6.08 Å². The van der Waals surface area contributed by atoms with E-state index in [9.17, 15) is 9.59 Å². The number of nitrogens with one attached hydrogen (secondary N) is 1. The number of hydrogen-bond acceptors (Lipinski definition) is 7. The zero-order chi connectivity index (χ0) is 19.8. The summed E-state index contributed by atoms with van der Waals surface area (Å²) < 4.78 is 8.95. The van der Waals surface area contributed by atoms with Crippen molar-refractivity contribution in [2.24, 2.45) is 5.10 Å². The summed E-state index contributed by atoms with van der Waals surface area (Å²) in [4.78, 5) is 24.2. The first-order valence-electron chi connectivity index (χ1n) is 8.29. The van der Waals surface area contributed by atoms with Gasteiger partial charge in [0.05, 0.1) is 11.9 Å². The first kappa shape index (κ1) is 19.1. The van der Waals surface area contributed by atoms with Crippen molar-refractivity contribution >= 4 is 35.7 Å². The summed E-state index contributed by atoms with van der Waals surface area (Å²) in [5.41, 5.74) is 4.63. The lowest BCUT2D eigenvalue weighted by molar-refractivity contribution is -0.128. The van der Waals surface area contributed by atoms with Crippen molar-refractivity contribution in [1.82, 2.24) is 15.0 Å². The summed E-state index contributed by atoms with van der Waals surface area (Å²) in [7, 11) is 0. The van der Waals surface area contributed by atoms with Crippen molar-refractivity contribution in [2.45, 2.75) is 6.92 Å². The lowest BCUT2D eigenvalue weighted by atomic mass is 10.2. The van der Waals surface area contributed by atoms with E-state index in [0.717, 1.165) is 22.7 Å². The summed E-state index contributed by atoms with van der Waals surface area (Å²) in [5, 5.41) is 7.68. The Bertz CT molecular complexity index is 1010. The summed E-state index contributed by atoms with van der Waals surface area (Å²) in [6.07, 6.45) is 4.55. The van der Waals surface area contributed by atoms with Crippen LogP contribution < -0.4 is 10.2 Å². The molecule has 2 aromatic carbocycles. The fourth-order valence-electron chi connectivity index (χ4n) is 2.16. The molecule has 0 radical (unpaired) electrons. The Morgan fingerprint density at radius 2 is 1.82 bits per heavy atom. The molecule has 3 rings (SSSR count). The van der Waals surface area contributed by atoms with Gasteiger partial charge in [-0.2, -0.15) is 5.10 Å². The second-order valence-corrected chi connectivity index (χ2v) is 6.37. The van der Waals surface area contributed by atoms with Gasteiger partial charge < -0.3 is 4.74 Å². The van der Waals surface area contributed by atoms with E-state index in [4.69, 9.17) is 4.74 Å². The number of ether oxygens (including phenoxy) is 1. The van der Waals surface area contributed by atoms with Crippen molar-refractivity contribution < 1.29 is 14.3 Å². The average molecular weight is 392 g/mol. The monoisotopic (exact) mass is 392 g/mol. The number of aryl methyl sites for hydroxylation is 1. The maximum absolute atomic E-state index is 11.9. The first-order chi connectivity index (χ1) is 13.6. The van der Waals surface area contributed by atoms with Crippen LogP contribution in [0.25, 0.3) is 6.08 Å². The van der Waals surface area contributed by atoms with E-state index >= 15 is 0 Å². The zero-order valence-electron chi connectivity index (χ0n) is 14.9. The molecule has 1 N–H and O–H groups in total. The van der Waals surface area contributed by atoms with Crippen LogP contribution in [-0.2, 0) is 4.79 Å². The molecule has 0 aliphatic carbocycles. The quantitative estimate of drug-likeness (QED) is 0.229. The average Bonchev–Trinajstić information content (AvgIpc) is 3.14. The fraction of sp³-hybridized carbons (Fsp3) is 0.0500. The Morgan fingerprint density at radius 1 is 1.07 bits per heavy atom. The summed E-state index contributed by atoms with van der Waals surface area (Å²) in [6.45, 7) is 1.71. The summed E-state index contributed by atoms with van der Waals surface area (Å²) in [5.74, 6) is -0.416. The normalized spacial score (nSPS) is 11.0. The Morgan fingerprint density at radius 3 is 2.50 bits per heavy atom. The Labute approximate surface area is 165 Å². The second kappa shape index (κ2) is 9.33. The van der Waals surface area contributed by atoms with Crippen molar-refractivity contribution in [3.05, 3.63) is 82.4 Å². The lowest BCUT2D eigenvalue weighted by Gasteiger charge is -2.02. The molecule has 140 valence electrons. The topological polar surface area (TPSA) is 93.5 Å². The number of carbonyl (C=O) groups is 2. The van der Waals surface area contributed by atoms with E-state index in [1.807, 2.05) is 30.3 Å². The molecule has 0 spiro atoms. The number of carbonyl (C=O) groups excluding carboxylic acids is 2. The molecule has 7 nitrogen and oxygen atoms in total. The highest BCUT2D eigenvalue weighted by atomic mass is 32.1. The largest absolute Gasteiger partial charge is 0.423 e. The number of esters is 1.